The zero-order valence-corrected chi connectivity index (χ0v) is 10.6. The fraction of sp³-hybridized carbons (Fsp3) is 0.188. The molecule has 0 bridgehead atoms. The lowest BCUT2D eigenvalue weighted by atomic mass is 9.87. The molecule has 0 saturated carbocycles. The van der Waals surface area contributed by atoms with Crippen molar-refractivity contribution in [3.63, 3.8) is 0 Å². The molecule has 1 saturated heterocycles. The second-order valence-electron chi connectivity index (χ2n) is 4.90. The maximum absolute atomic E-state index is 13.9. The van der Waals surface area contributed by atoms with E-state index in [0.29, 0.717) is 0 Å². The smallest absolute Gasteiger partial charge is 0.221 e. The van der Waals surface area contributed by atoms with Crippen LogP contribution in [0.15, 0.2) is 48.5 Å². The van der Waals surface area contributed by atoms with E-state index in [1.807, 2.05) is 30.3 Å². The Hall–Kier alpha value is -2.23. The number of amides is 1. The highest BCUT2D eigenvalue weighted by Gasteiger charge is 2.37. The van der Waals surface area contributed by atoms with Gasteiger partial charge in [0.15, 0.2) is 0 Å². The highest BCUT2D eigenvalue weighted by atomic mass is 19.1. The maximum Gasteiger partial charge on any atom is 0.221 e. The molecule has 2 nitrogen and oxygen atoms in total. The Morgan fingerprint density at radius 2 is 1.60 bits per heavy atom. The Balaban J connectivity index is 2.05. The largest absolute Gasteiger partial charge is 0.349 e. The fourth-order valence-electron chi connectivity index (χ4n) is 2.76. The minimum atomic E-state index is -0.604. The van der Waals surface area contributed by atoms with E-state index in [4.69, 9.17) is 0 Å². The molecule has 2 unspecified atom stereocenters. The van der Waals surface area contributed by atoms with E-state index in [1.54, 1.807) is 0 Å². The third-order valence-electron chi connectivity index (χ3n) is 3.65. The highest BCUT2D eigenvalue weighted by Crippen LogP contribution is 2.40. The van der Waals surface area contributed by atoms with Gasteiger partial charge < -0.3 is 5.32 Å². The average Bonchev–Trinajstić information content (AvgIpc) is 2.81. The number of carbonyl (C=O) groups excluding carboxylic acids is 1. The summed E-state index contributed by atoms with van der Waals surface area (Å²) in [6.07, 6.45) is 0.0947. The Labute approximate surface area is 115 Å². The van der Waals surface area contributed by atoms with Gasteiger partial charge in [0.25, 0.3) is 0 Å². The predicted molar refractivity (Wildman–Crippen MR) is 71.0 cm³/mol. The molecule has 0 aliphatic carbocycles. The van der Waals surface area contributed by atoms with Crippen LogP contribution in [0.25, 0.3) is 0 Å². The minimum absolute atomic E-state index is 0.0142. The normalized spacial score (nSPS) is 21.8. The lowest BCUT2D eigenvalue weighted by Crippen LogP contribution is -2.20. The van der Waals surface area contributed by atoms with E-state index in [1.165, 1.54) is 18.2 Å². The summed E-state index contributed by atoms with van der Waals surface area (Å²) in [5, 5.41) is 2.80. The summed E-state index contributed by atoms with van der Waals surface area (Å²) in [6, 6.07) is 12.6. The van der Waals surface area contributed by atoms with Gasteiger partial charge in [0.05, 0.1) is 6.04 Å². The van der Waals surface area contributed by atoms with Crippen LogP contribution in [0.2, 0.25) is 0 Å². The van der Waals surface area contributed by atoms with Crippen molar-refractivity contribution in [2.45, 2.75) is 18.4 Å². The summed E-state index contributed by atoms with van der Waals surface area (Å²) in [5.41, 5.74) is 0.839. The highest BCUT2D eigenvalue weighted by molar-refractivity contribution is 5.80. The van der Waals surface area contributed by atoms with Gasteiger partial charge in [0.1, 0.15) is 11.6 Å². The van der Waals surface area contributed by atoms with Gasteiger partial charge in [-0.2, -0.15) is 0 Å². The molecule has 102 valence electrons. The van der Waals surface area contributed by atoms with E-state index in [9.17, 15) is 13.6 Å². The van der Waals surface area contributed by atoms with Gasteiger partial charge >= 0.3 is 0 Å². The van der Waals surface area contributed by atoms with E-state index in [2.05, 4.69) is 5.32 Å². The van der Waals surface area contributed by atoms with Crippen molar-refractivity contribution in [2.75, 3.05) is 0 Å². The first-order valence-electron chi connectivity index (χ1n) is 6.45. The lowest BCUT2D eigenvalue weighted by molar-refractivity contribution is -0.119. The number of hydrogen-bond donors (Lipinski definition) is 1. The number of halogens is 2. The second kappa shape index (κ2) is 5.04. The van der Waals surface area contributed by atoms with Gasteiger partial charge in [-0.25, -0.2) is 8.78 Å². The molecule has 20 heavy (non-hydrogen) atoms. The summed E-state index contributed by atoms with van der Waals surface area (Å²) in [5.74, 6) is -1.92. The summed E-state index contributed by atoms with van der Waals surface area (Å²) in [7, 11) is 0. The van der Waals surface area contributed by atoms with Crippen LogP contribution in [-0.4, -0.2) is 5.91 Å². The van der Waals surface area contributed by atoms with Gasteiger partial charge in [-0.15, -0.1) is 0 Å². The summed E-state index contributed by atoms with van der Waals surface area (Å²) >= 11 is 0. The molecule has 0 radical (unpaired) electrons. The number of hydrogen-bond acceptors (Lipinski definition) is 1. The lowest BCUT2D eigenvalue weighted by Gasteiger charge is -2.20. The molecule has 1 aliphatic heterocycles. The van der Waals surface area contributed by atoms with Crippen molar-refractivity contribution in [3.8, 4) is 0 Å². The molecule has 0 aromatic heterocycles. The van der Waals surface area contributed by atoms with Crippen LogP contribution in [0.4, 0.5) is 8.78 Å². The van der Waals surface area contributed by atoms with Crippen LogP contribution in [0.3, 0.4) is 0 Å². The quantitative estimate of drug-likeness (QED) is 0.893. The third-order valence-corrected chi connectivity index (χ3v) is 3.65. The summed E-state index contributed by atoms with van der Waals surface area (Å²) < 4.78 is 27.9. The van der Waals surface area contributed by atoms with Crippen molar-refractivity contribution in [3.05, 3.63) is 71.3 Å². The molecule has 1 aliphatic rings. The van der Waals surface area contributed by atoms with Crippen LogP contribution in [-0.2, 0) is 4.79 Å². The molecule has 1 heterocycles. The number of carbonyl (C=O) groups is 1. The van der Waals surface area contributed by atoms with Crippen LogP contribution in [0, 0.1) is 11.6 Å². The Bertz CT molecular complexity index is 622. The molecule has 1 fully saturated rings. The van der Waals surface area contributed by atoms with Gasteiger partial charge in [-0.05, 0) is 17.7 Å². The van der Waals surface area contributed by atoms with Gasteiger partial charge in [0.2, 0.25) is 5.91 Å². The SMILES string of the molecule is O=C1CC(c2c(F)cccc2F)C(c2ccccc2)N1. The van der Waals surface area contributed by atoms with Crippen LogP contribution >= 0.6 is 0 Å². The standard InChI is InChI=1S/C16H13F2NO/c17-12-7-4-8-13(18)15(12)11-9-14(20)19-16(11)10-5-2-1-3-6-10/h1-8,11,16H,9H2,(H,19,20). The average molecular weight is 273 g/mol. The second-order valence-corrected chi connectivity index (χ2v) is 4.90. The van der Waals surface area contributed by atoms with Gasteiger partial charge in [-0.3, -0.25) is 4.79 Å². The molecule has 2 atom stereocenters. The monoisotopic (exact) mass is 273 g/mol. The molecular formula is C16H13F2NO. The van der Waals surface area contributed by atoms with E-state index < -0.39 is 23.6 Å². The molecular weight excluding hydrogens is 260 g/mol. The zero-order valence-electron chi connectivity index (χ0n) is 10.6. The number of rotatable bonds is 2. The number of nitrogens with one attached hydrogen (secondary N) is 1. The molecule has 2 aromatic rings. The fourth-order valence-corrected chi connectivity index (χ4v) is 2.76. The Morgan fingerprint density at radius 3 is 2.25 bits per heavy atom. The minimum Gasteiger partial charge on any atom is -0.349 e. The van der Waals surface area contributed by atoms with E-state index >= 15 is 0 Å². The van der Waals surface area contributed by atoms with Gasteiger partial charge in [-0.1, -0.05) is 36.4 Å². The van der Waals surface area contributed by atoms with E-state index in [0.717, 1.165) is 5.56 Å². The Kier molecular flexibility index (Phi) is 3.22. The maximum atomic E-state index is 13.9. The molecule has 3 rings (SSSR count). The summed E-state index contributed by atoms with van der Waals surface area (Å²) in [6.45, 7) is 0. The topological polar surface area (TPSA) is 29.1 Å². The van der Waals surface area contributed by atoms with Crippen LogP contribution < -0.4 is 5.32 Å². The van der Waals surface area contributed by atoms with Crippen molar-refractivity contribution < 1.29 is 13.6 Å². The molecule has 2 aromatic carbocycles. The van der Waals surface area contributed by atoms with Crippen molar-refractivity contribution in [1.29, 1.82) is 0 Å². The molecule has 1 amide bonds. The first kappa shape index (κ1) is 12.8. The van der Waals surface area contributed by atoms with Crippen molar-refractivity contribution >= 4 is 5.91 Å². The number of benzene rings is 2. The Morgan fingerprint density at radius 1 is 0.950 bits per heavy atom. The zero-order chi connectivity index (χ0) is 14.1. The first-order chi connectivity index (χ1) is 9.66. The van der Waals surface area contributed by atoms with Crippen LogP contribution in [0.1, 0.15) is 29.5 Å². The van der Waals surface area contributed by atoms with Crippen LogP contribution in [0.5, 0.6) is 0 Å². The molecule has 0 spiro atoms. The first-order valence-corrected chi connectivity index (χ1v) is 6.45. The summed E-state index contributed by atoms with van der Waals surface area (Å²) in [4.78, 5) is 11.7. The molecule has 4 heteroatoms. The van der Waals surface area contributed by atoms with Crippen molar-refractivity contribution in [1.82, 2.24) is 5.32 Å². The molecule has 1 N–H and O–H groups in total. The van der Waals surface area contributed by atoms with Gasteiger partial charge in [0, 0.05) is 17.9 Å². The third kappa shape index (κ3) is 2.18. The van der Waals surface area contributed by atoms with E-state index in [-0.39, 0.29) is 17.9 Å². The predicted octanol–water partition coefficient (Wildman–Crippen LogP) is 3.31. The van der Waals surface area contributed by atoms with Crippen molar-refractivity contribution in [2.24, 2.45) is 0 Å².